The summed E-state index contributed by atoms with van der Waals surface area (Å²) in [4.78, 5) is 11.4. The number of halogens is 3. The molecular formula is C13H15F3N2O3S. The third kappa shape index (κ3) is 3.09. The first-order chi connectivity index (χ1) is 10.2. The summed E-state index contributed by atoms with van der Waals surface area (Å²) in [7, 11) is -4.32. The number of anilines is 1. The van der Waals surface area contributed by atoms with Gasteiger partial charge in [-0.25, -0.2) is 26.7 Å². The number of amides is 1. The zero-order chi connectivity index (χ0) is 16.5. The number of rotatable bonds is 4. The minimum Gasteiger partial charge on any atom is -0.325 e. The Morgan fingerprint density at radius 1 is 1.27 bits per heavy atom. The van der Waals surface area contributed by atoms with E-state index in [2.05, 4.69) is 5.32 Å². The predicted octanol–water partition coefficient (Wildman–Crippen LogP) is 2.24. The molecule has 0 spiro atoms. The second-order valence-electron chi connectivity index (χ2n) is 5.31. The fourth-order valence-corrected chi connectivity index (χ4v) is 3.24. The van der Waals surface area contributed by atoms with Crippen LogP contribution in [0.3, 0.4) is 0 Å². The van der Waals surface area contributed by atoms with Crippen LogP contribution in [0.1, 0.15) is 25.7 Å². The molecule has 0 radical (unpaired) electrons. The molecule has 2 rings (SSSR count). The number of nitrogens with one attached hydrogen (secondary N) is 1. The number of hydrogen-bond donors (Lipinski definition) is 2. The van der Waals surface area contributed by atoms with Gasteiger partial charge in [0, 0.05) is 5.69 Å². The Hall–Kier alpha value is -1.61. The van der Waals surface area contributed by atoms with Gasteiger partial charge in [-0.15, -0.1) is 0 Å². The Morgan fingerprint density at radius 2 is 1.86 bits per heavy atom. The molecule has 0 bridgehead atoms. The number of alkyl halides is 2. The molecule has 0 aromatic heterocycles. The topological polar surface area (TPSA) is 89.3 Å². The Kier molecular flexibility index (Phi) is 4.48. The van der Waals surface area contributed by atoms with Crippen LogP contribution in [-0.4, -0.2) is 20.8 Å². The Bertz CT molecular complexity index is 686. The van der Waals surface area contributed by atoms with Crippen molar-refractivity contribution in [3.8, 4) is 0 Å². The molecule has 1 aliphatic rings. The Morgan fingerprint density at radius 3 is 2.36 bits per heavy atom. The molecule has 0 heterocycles. The molecule has 1 fully saturated rings. The lowest BCUT2D eigenvalue weighted by Gasteiger charge is -2.26. The number of carbonyl (C=O) groups is 1. The summed E-state index contributed by atoms with van der Waals surface area (Å²) >= 11 is 0. The molecule has 0 unspecified atom stereocenters. The van der Waals surface area contributed by atoms with Gasteiger partial charge in [-0.2, -0.15) is 0 Å². The van der Waals surface area contributed by atoms with Crippen molar-refractivity contribution in [1.82, 2.24) is 0 Å². The van der Waals surface area contributed by atoms with E-state index in [0.29, 0.717) is 12.8 Å². The van der Waals surface area contributed by atoms with Gasteiger partial charge in [-0.3, -0.25) is 4.79 Å². The van der Waals surface area contributed by atoms with Crippen LogP contribution in [0.25, 0.3) is 0 Å². The summed E-state index contributed by atoms with van der Waals surface area (Å²) in [5.41, 5.74) is -1.88. The monoisotopic (exact) mass is 336 g/mol. The van der Waals surface area contributed by atoms with E-state index in [9.17, 15) is 26.4 Å². The van der Waals surface area contributed by atoms with Gasteiger partial charge in [-0.1, -0.05) is 12.8 Å². The first-order valence-corrected chi connectivity index (χ1v) is 8.13. The molecule has 1 aromatic rings. The summed E-state index contributed by atoms with van der Waals surface area (Å²) in [5.74, 6) is -1.98. The molecule has 0 atom stereocenters. The highest BCUT2D eigenvalue weighted by Crippen LogP contribution is 2.44. The molecule has 22 heavy (non-hydrogen) atoms. The smallest absolute Gasteiger partial charge is 0.252 e. The van der Waals surface area contributed by atoms with Gasteiger partial charge >= 0.3 is 0 Å². The van der Waals surface area contributed by atoms with Crippen molar-refractivity contribution in [2.75, 3.05) is 5.32 Å². The second kappa shape index (κ2) is 5.88. The highest BCUT2D eigenvalue weighted by atomic mass is 32.2. The van der Waals surface area contributed by atoms with Crippen molar-refractivity contribution >= 4 is 21.6 Å². The number of benzene rings is 1. The summed E-state index contributed by atoms with van der Waals surface area (Å²) in [6, 6.07) is 2.71. The van der Waals surface area contributed by atoms with E-state index >= 15 is 0 Å². The van der Waals surface area contributed by atoms with Gasteiger partial charge in [0.2, 0.25) is 15.9 Å². The number of carbonyl (C=O) groups excluding carboxylic acids is 1. The maximum atomic E-state index is 13.4. The standard InChI is InChI=1S/C13H15F3N2O3S/c14-9-4-3-8(7-10(9)22(17,20)21)18-12(19)13(11(15)16)5-1-2-6-13/h3-4,7,11H,1-2,5-6H2,(H,18,19)(H2,17,20,21). The summed E-state index contributed by atoms with van der Waals surface area (Å²) in [6.45, 7) is 0. The van der Waals surface area contributed by atoms with Gasteiger partial charge in [0.05, 0.1) is 0 Å². The van der Waals surface area contributed by atoms with Gasteiger partial charge in [0.1, 0.15) is 16.1 Å². The van der Waals surface area contributed by atoms with E-state index in [1.54, 1.807) is 0 Å². The van der Waals surface area contributed by atoms with Crippen molar-refractivity contribution < 1.29 is 26.4 Å². The van der Waals surface area contributed by atoms with Crippen LogP contribution in [0.4, 0.5) is 18.9 Å². The molecule has 3 N–H and O–H groups in total. The first kappa shape index (κ1) is 16.8. The fourth-order valence-electron chi connectivity index (χ4n) is 2.60. The SMILES string of the molecule is NS(=O)(=O)c1cc(NC(=O)C2(C(F)F)CCCC2)ccc1F. The van der Waals surface area contributed by atoms with Crippen LogP contribution >= 0.6 is 0 Å². The van der Waals surface area contributed by atoms with Crippen LogP contribution in [-0.2, 0) is 14.8 Å². The number of primary sulfonamides is 1. The molecule has 5 nitrogen and oxygen atoms in total. The normalized spacial score (nSPS) is 17.7. The van der Waals surface area contributed by atoms with E-state index in [-0.39, 0.29) is 18.5 Å². The van der Waals surface area contributed by atoms with Gasteiger partial charge in [-0.05, 0) is 31.0 Å². The van der Waals surface area contributed by atoms with Crippen LogP contribution < -0.4 is 10.5 Å². The maximum Gasteiger partial charge on any atom is 0.252 e. The first-order valence-electron chi connectivity index (χ1n) is 6.59. The van der Waals surface area contributed by atoms with Gasteiger partial charge in [0.25, 0.3) is 6.43 Å². The summed E-state index contributed by atoms with van der Waals surface area (Å²) < 4.78 is 62.4. The van der Waals surface area contributed by atoms with Crippen molar-refractivity contribution in [2.45, 2.75) is 37.0 Å². The number of hydrogen-bond acceptors (Lipinski definition) is 3. The second-order valence-corrected chi connectivity index (χ2v) is 6.84. The Balaban J connectivity index is 2.29. The lowest BCUT2D eigenvalue weighted by molar-refractivity contribution is -0.134. The van der Waals surface area contributed by atoms with E-state index in [1.807, 2.05) is 0 Å². The zero-order valence-corrected chi connectivity index (χ0v) is 12.3. The van der Waals surface area contributed by atoms with E-state index in [4.69, 9.17) is 5.14 Å². The zero-order valence-electron chi connectivity index (χ0n) is 11.5. The van der Waals surface area contributed by atoms with Crippen LogP contribution in [0.5, 0.6) is 0 Å². The predicted molar refractivity (Wildman–Crippen MR) is 73.3 cm³/mol. The van der Waals surface area contributed by atoms with Crippen molar-refractivity contribution in [3.05, 3.63) is 24.0 Å². The molecule has 0 saturated heterocycles. The number of nitrogens with two attached hydrogens (primary N) is 1. The van der Waals surface area contributed by atoms with Crippen LogP contribution in [0.2, 0.25) is 0 Å². The highest BCUT2D eigenvalue weighted by molar-refractivity contribution is 7.89. The van der Waals surface area contributed by atoms with E-state index in [1.165, 1.54) is 0 Å². The summed E-state index contributed by atoms with van der Waals surface area (Å²) in [5, 5.41) is 7.09. The molecule has 9 heteroatoms. The fraction of sp³-hybridized carbons (Fsp3) is 0.462. The Labute approximate surface area is 125 Å². The average molecular weight is 336 g/mol. The van der Waals surface area contributed by atoms with E-state index < -0.39 is 38.5 Å². The van der Waals surface area contributed by atoms with Crippen molar-refractivity contribution in [2.24, 2.45) is 10.6 Å². The minimum atomic E-state index is -4.32. The van der Waals surface area contributed by atoms with Gasteiger partial charge in [0.15, 0.2) is 0 Å². The molecular weight excluding hydrogens is 321 g/mol. The third-order valence-corrected chi connectivity index (χ3v) is 4.79. The molecule has 1 amide bonds. The lowest BCUT2D eigenvalue weighted by atomic mass is 9.85. The largest absolute Gasteiger partial charge is 0.325 e. The quantitative estimate of drug-likeness (QED) is 0.883. The highest BCUT2D eigenvalue weighted by Gasteiger charge is 2.49. The molecule has 1 aromatic carbocycles. The number of sulfonamides is 1. The lowest BCUT2D eigenvalue weighted by Crippen LogP contribution is -2.40. The minimum absolute atomic E-state index is 0.0553. The van der Waals surface area contributed by atoms with Crippen molar-refractivity contribution in [3.63, 3.8) is 0 Å². The molecule has 1 aliphatic carbocycles. The summed E-state index contributed by atoms with van der Waals surface area (Å²) in [6.07, 6.45) is -1.68. The molecule has 122 valence electrons. The van der Waals surface area contributed by atoms with Gasteiger partial charge < -0.3 is 5.32 Å². The molecule has 1 saturated carbocycles. The van der Waals surface area contributed by atoms with E-state index in [0.717, 1.165) is 18.2 Å². The average Bonchev–Trinajstić information content (AvgIpc) is 2.90. The molecule has 0 aliphatic heterocycles. The van der Waals surface area contributed by atoms with Crippen LogP contribution in [0, 0.1) is 11.2 Å². The van der Waals surface area contributed by atoms with Crippen molar-refractivity contribution in [1.29, 1.82) is 0 Å². The maximum absolute atomic E-state index is 13.4. The third-order valence-electron chi connectivity index (χ3n) is 3.86. The van der Waals surface area contributed by atoms with Crippen LogP contribution in [0.15, 0.2) is 23.1 Å².